The Kier molecular flexibility index (Phi) is 8.90. The second kappa shape index (κ2) is 8.97. The fourth-order valence-corrected chi connectivity index (χ4v) is 1.88. The van der Waals surface area contributed by atoms with Crippen molar-refractivity contribution in [3.8, 4) is 0 Å². The van der Waals surface area contributed by atoms with Crippen LogP contribution in [-0.2, 0) is 4.74 Å². The van der Waals surface area contributed by atoms with Crippen molar-refractivity contribution in [1.29, 1.82) is 0 Å². The van der Waals surface area contributed by atoms with E-state index in [1.165, 1.54) is 0 Å². The van der Waals surface area contributed by atoms with E-state index >= 15 is 0 Å². The first-order chi connectivity index (χ1) is 7.51. The van der Waals surface area contributed by atoms with Crippen molar-refractivity contribution in [3.63, 3.8) is 0 Å². The van der Waals surface area contributed by atoms with Crippen LogP contribution in [0.4, 0.5) is 0 Å². The molecule has 0 aliphatic rings. The smallest absolute Gasteiger partial charge is 0.0589 e. The van der Waals surface area contributed by atoms with Gasteiger partial charge in [0, 0.05) is 26.7 Å². The summed E-state index contributed by atoms with van der Waals surface area (Å²) in [5.74, 6) is 1.94. The maximum absolute atomic E-state index is 5.82. The standard InChI is InChI=1S/C13H30N2O/c1-11(2)9-15(6-7-16-5)10-13(8-14)12(3)4/h11-13H,6-10,14H2,1-5H3. The molecule has 0 amide bonds. The van der Waals surface area contributed by atoms with Crippen molar-refractivity contribution in [2.45, 2.75) is 27.7 Å². The summed E-state index contributed by atoms with van der Waals surface area (Å²) in [4.78, 5) is 2.48. The molecule has 98 valence electrons. The number of hydrogen-bond donors (Lipinski definition) is 1. The third-order valence-corrected chi connectivity index (χ3v) is 2.97. The summed E-state index contributed by atoms with van der Waals surface area (Å²) < 4.78 is 5.16. The summed E-state index contributed by atoms with van der Waals surface area (Å²) in [6, 6.07) is 0. The molecule has 2 N–H and O–H groups in total. The van der Waals surface area contributed by atoms with E-state index in [0.717, 1.165) is 32.8 Å². The molecule has 0 heterocycles. The van der Waals surface area contributed by atoms with E-state index in [-0.39, 0.29) is 0 Å². The number of nitrogens with two attached hydrogens (primary N) is 1. The van der Waals surface area contributed by atoms with E-state index in [0.29, 0.717) is 17.8 Å². The van der Waals surface area contributed by atoms with Crippen LogP contribution in [0.3, 0.4) is 0 Å². The molecule has 3 heteroatoms. The van der Waals surface area contributed by atoms with Crippen LogP contribution in [0, 0.1) is 17.8 Å². The van der Waals surface area contributed by atoms with Gasteiger partial charge in [0.2, 0.25) is 0 Å². The van der Waals surface area contributed by atoms with Gasteiger partial charge in [-0.05, 0) is 24.3 Å². The Labute approximate surface area is 101 Å². The molecule has 0 bridgehead atoms. The van der Waals surface area contributed by atoms with Gasteiger partial charge in [-0.3, -0.25) is 0 Å². The highest BCUT2D eigenvalue weighted by Crippen LogP contribution is 2.12. The SMILES string of the molecule is COCCN(CC(C)C)CC(CN)C(C)C. The minimum absolute atomic E-state index is 0.593. The summed E-state index contributed by atoms with van der Waals surface area (Å²) >= 11 is 0. The number of methoxy groups -OCH3 is 1. The first-order valence-electron chi connectivity index (χ1n) is 6.42. The summed E-state index contributed by atoms with van der Waals surface area (Å²) in [5, 5.41) is 0. The molecule has 0 aromatic heterocycles. The molecule has 1 unspecified atom stereocenters. The summed E-state index contributed by atoms with van der Waals surface area (Å²) in [6.07, 6.45) is 0. The molecule has 0 radical (unpaired) electrons. The fraction of sp³-hybridized carbons (Fsp3) is 1.00. The molecule has 0 aliphatic heterocycles. The maximum Gasteiger partial charge on any atom is 0.0589 e. The number of ether oxygens (including phenoxy) is 1. The zero-order chi connectivity index (χ0) is 12.6. The molecule has 0 aromatic carbocycles. The van der Waals surface area contributed by atoms with Crippen molar-refractivity contribution in [1.82, 2.24) is 4.90 Å². The maximum atomic E-state index is 5.82. The molecule has 0 saturated carbocycles. The largest absolute Gasteiger partial charge is 0.383 e. The van der Waals surface area contributed by atoms with E-state index in [4.69, 9.17) is 10.5 Å². The predicted molar refractivity (Wildman–Crippen MR) is 70.5 cm³/mol. The average molecular weight is 230 g/mol. The molecule has 0 spiro atoms. The lowest BCUT2D eigenvalue weighted by atomic mass is 9.95. The van der Waals surface area contributed by atoms with Gasteiger partial charge in [0.1, 0.15) is 0 Å². The molecule has 0 aromatic rings. The third kappa shape index (κ3) is 7.20. The lowest BCUT2D eigenvalue weighted by molar-refractivity contribution is 0.121. The van der Waals surface area contributed by atoms with Crippen molar-refractivity contribution in [2.75, 3.05) is 39.9 Å². The van der Waals surface area contributed by atoms with Crippen LogP contribution in [-0.4, -0.2) is 44.8 Å². The van der Waals surface area contributed by atoms with Crippen LogP contribution in [0.25, 0.3) is 0 Å². The monoisotopic (exact) mass is 230 g/mol. The van der Waals surface area contributed by atoms with Gasteiger partial charge in [-0.15, -0.1) is 0 Å². The quantitative estimate of drug-likeness (QED) is 0.656. The van der Waals surface area contributed by atoms with Gasteiger partial charge in [-0.2, -0.15) is 0 Å². The topological polar surface area (TPSA) is 38.5 Å². The molecule has 3 nitrogen and oxygen atoms in total. The van der Waals surface area contributed by atoms with E-state index < -0.39 is 0 Å². The molecular weight excluding hydrogens is 200 g/mol. The number of nitrogens with zero attached hydrogens (tertiary/aromatic N) is 1. The highest BCUT2D eigenvalue weighted by molar-refractivity contribution is 4.70. The molecule has 16 heavy (non-hydrogen) atoms. The molecule has 0 saturated heterocycles. The summed E-state index contributed by atoms with van der Waals surface area (Å²) in [6.45, 7) is 13.8. The highest BCUT2D eigenvalue weighted by atomic mass is 16.5. The average Bonchev–Trinajstić information content (AvgIpc) is 2.20. The number of hydrogen-bond acceptors (Lipinski definition) is 3. The van der Waals surface area contributed by atoms with Gasteiger partial charge >= 0.3 is 0 Å². The van der Waals surface area contributed by atoms with Gasteiger partial charge < -0.3 is 15.4 Å². The first-order valence-corrected chi connectivity index (χ1v) is 6.42. The molecule has 0 rings (SSSR count). The molecule has 1 atom stereocenters. The number of rotatable bonds is 9. The highest BCUT2D eigenvalue weighted by Gasteiger charge is 2.16. The molecule has 0 aliphatic carbocycles. The van der Waals surface area contributed by atoms with Gasteiger partial charge in [0.05, 0.1) is 6.61 Å². The normalized spacial score (nSPS) is 14.1. The Bertz CT molecular complexity index is 160. The second-order valence-corrected chi connectivity index (χ2v) is 5.39. The molecule has 0 fully saturated rings. The van der Waals surface area contributed by atoms with Crippen molar-refractivity contribution in [3.05, 3.63) is 0 Å². The van der Waals surface area contributed by atoms with Crippen LogP contribution in [0.1, 0.15) is 27.7 Å². The summed E-state index contributed by atoms with van der Waals surface area (Å²) in [5.41, 5.74) is 5.82. The lowest BCUT2D eigenvalue weighted by Gasteiger charge is -2.30. The predicted octanol–water partition coefficient (Wildman–Crippen LogP) is 1.82. The van der Waals surface area contributed by atoms with Gasteiger partial charge in [-0.25, -0.2) is 0 Å². The van der Waals surface area contributed by atoms with Crippen molar-refractivity contribution < 1.29 is 4.74 Å². The Morgan fingerprint density at radius 3 is 2.12 bits per heavy atom. The van der Waals surface area contributed by atoms with Crippen LogP contribution < -0.4 is 5.73 Å². The Morgan fingerprint density at radius 2 is 1.75 bits per heavy atom. The molecular formula is C13H30N2O. The Balaban J connectivity index is 4.15. The fourth-order valence-electron chi connectivity index (χ4n) is 1.88. The van der Waals surface area contributed by atoms with E-state index in [2.05, 4.69) is 32.6 Å². The third-order valence-electron chi connectivity index (χ3n) is 2.97. The zero-order valence-electron chi connectivity index (χ0n) is 11.7. The van der Waals surface area contributed by atoms with Crippen LogP contribution in [0.5, 0.6) is 0 Å². The van der Waals surface area contributed by atoms with E-state index in [1.807, 2.05) is 0 Å². The van der Waals surface area contributed by atoms with Crippen LogP contribution in [0.2, 0.25) is 0 Å². The van der Waals surface area contributed by atoms with Crippen LogP contribution >= 0.6 is 0 Å². The zero-order valence-corrected chi connectivity index (χ0v) is 11.7. The van der Waals surface area contributed by atoms with E-state index in [9.17, 15) is 0 Å². The van der Waals surface area contributed by atoms with Crippen molar-refractivity contribution in [2.24, 2.45) is 23.5 Å². The summed E-state index contributed by atoms with van der Waals surface area (Å²) in [7, 11) is 1.76. The second-order valence-electron chi connectivity index (χ2n) is 5.39. The van der Waals surface area contributed by atoms with Gasteiger partial charge in [0.25, 0.3) is 0 Å². The van der Waals surface area contributed by atoms with Gasteiger partial charge in [-0.1, -0.05) is 27.7 Å². The minimum atomic E-state index is 0.593. The van der Waals surface area contributed by atoms with Crippen LogP contribution in [0.15, 0.2) is 0 Å². The van der Waals surface area contributed by atoms with Crippen molar-refractivity contribution >= 4 is 0 Å². The minimum Gasteiger partial charge on any atom is -0.383 e. The Morgan fingerprint density at radius 1 is 1.12 bits per heavy atom. The lowest BCUT2D eigenvalue weighted by Crippen LogP contribution is -2.39. The first kappa shape index (κ1) is 15.9. The Hall–Kier alpha value is -0.120. The van der Waals surface area contributed by atoms with Gasteiger partial charge in [0.15, 0.2) is 0 Å². The van der Waals surface area contributed by atoms with E-state index in [1.54, 1.807) is 7.11 Å².